The molecule has 5 nitrogen and oxygen atoms in total. The van der Waals surface area contributed by atoms with Crippen LogP contribution in [0.4, 0.5) is 0 Å². The van der Waals surface area contributed by atoms with Gasteiger partial charge < -0.3 is 5.32 Å². The van der Waals surface area contributed by atoms with Crippen molar-refractivity contribution in [2.45, 2.75) is 4.90 Å². The van der Waals surface area contributed by atoms with Crippen molar-refractivity contribution in [1.82, 2.24) is 10.0 Å². The van der Waals surface area contributed by atoms with Crippen LogP contribution in [0, 0.1) is 0 Å². The average Bonchev–Trinajstić information content (AvgIpc) is 2.26. The van der Waals surface area contributed by atoms with Gasteiger partial charge in [0.1, 0.15) is 0 Å². The molecule has 0 saturated carbocycles. The molecule has 0 aliphatic rings. The molecule has 0 atom stereocenters. The SMILES string of the molecule is CNC(=O)CNS(=O)(=O)c1ccc(Br)cc1. The number of halogens is 1. The van der Waals surface area contributed by atoms with Crippen molar-refractivity contribution >= 4 is 31.9 Å². The van der Waals surface area contributed by atoms with Crippen LogP contribution in [-0.4, -0.2) is 27.9 Å². The van der Waals surface area contributed by atoms with Gasteiger partial charge in [0.05, 0.1) is 11.4 Å². The van der Waals surface area contributed by atoms with Crippen LogP contribution >= 0.6 is 15.9 Å². The molecule has 0 unspecified atom stereocenters. The molecule has 16 heavy (non-hydrogen) atoms. The van der Waals surface area contributed by atoms with E-state index in [1.54, 1.807) is 12.1 Å². The normalized spacial score (nSPS) is 11.1. The maximum Gasteiger partial charge on any atom is 0.241 e. The molecule has 0 radical (unpaired) electrons. The first kappa shape index (κ1) is 13.1. The van der Waals surface area contributed by atoms with E-state index in [0.29, 0.717) is 0 Å². The van der Waals surface area contributed by atoms with Crippen LogP contribution in [0.15, 0.2) is 33.6 Å². The Balaban J connectivity index is 2.78. The molecule has 1 aromatic rings. The predicted octanol–water partition coefficient (Wildman–Crippen LogP) is 0.473. The summed E-state index contributed by atoms with van der Waals surface area (Å²) in [5.74, 6) is -0.388. The number of nitrogens with one attached hydrogen (secondary N) is 2. The summed E-state index contributed by atoms with van der Waals surface area (Å²) in [6.07, 6.45) is 0. The number of hydrogen-bond donors (Lipinski definition) is 2. The molecule has 2 N–H and O–H groups in total. The summed E-state index contributed by atoms with van der Waals surface area (Å²) in [5.41, 5.74) is 0. The summed E-state index contributed by atoms with van der Waals surface area (Å²) in [6.45, 7) is -0.269. The quantitative estimate of drug-likeness (QED) is 0.849. The van der Waals surface area contributed by atoms with Crippen LogP contribution in [0.3, 0.4) is 0 Å². The molecular weight excluding hydrogens is 296 g/mol. The molecule has 0 bridgehead atoms. The molecule has 0 fully saturated rings. The van der Waals surface area contributed by atoms with E-state index in [1.165, 1.54) is 19.2 Å². The van der Waals surface area contributed by atoms with E-state index in [1.807, 2.05) is 0 Å². The third kappa shape index (κ3) is 3.58. The molecule has 1 aromatic carbocycles. The number of likely N-dealkylation sites (N-methyl/N-ethyl adjacent to an activating group) is 1. The summed E-state index contributed by atoms with van der Waals surface area (Å²) >= 11 is 3.21. The Labute approximate surface area is 102 Å². The van der Waals surface area contributed by atoms with Gasteiger partial charge in [-0.3, -0.25) is 4.79 Å². The lowest BCUT2D eigenvalue weighted by Crippen LogP contribution is -2.35. The highest BCUT2D eigenvalue weighted by Gasteiger charge is 2.14. The number of benzene rings is 1. The first-order valence-corrected chi connectivity index (χ1v) is 6.69. The minimum atomic E-state index is -3.61. The van der Waals surface area contributed by atoms with E-state index in [0.717, 1.165) is 4.47 Å². The highest BCUT2D eigenvalue weighted by molar-refractivity contribution is 9.10. The highest BCUT2D eigenvalue weighted by atomic mass is 79.9. The molecule has 0 aromatic heterocycles. The van der Waals surface area contributed by atoms with Gasteiger partial charge in [0.25, 0.3) is 0 Å². The summed E-state index contributed by atoms with van der Waals surface area (Å²) in [7, 11) is -2.17. The first-order valence-electron chi connectivity index (χ1n) is 4.41. The molecular formula is C9H11BrN2O3S. The van der Waals surface area contributed by atoms with Crippen LogP contribution in [0.5, 0.6) is 0 Å². The number of amides is 1. The second-order valence-electron chi connectivity index (χ2n) is 2.95. The molecule has 0 spiro atoms. The smallest absolute Gasteiger partial charge is 0.241 e. The largest absolute Gasteiger partial charge is 0.358 e. The third-order valence-corrected chi connectivity index (χ3v) is 3.77. The Morgan fingerprint density at radius 3 is 2.38 bits per heavy atom. The van der Waals surface area contributed by atoms with Gasteiger partial charge >= 0.3 is 0 Å². The van der Waals surface area contributed by atoms with Crippen molar-refractivity contribution in [3.05, 3.63) is 28.7 Å². The Morgan fingerprint density at radius 2 is 1.88 bits per heavy atom. The van der Waals surface area contributed by atoms with Gasteiger partial charge in [0.15, 0.2) is 0 Å². The van der Waals surface area contributed by atoms with E-state index >= 15 is 0 Å². The zero-order valence-electron chi connectivity index (χ0n) is 8.53. The topological polar surface area (TPSA) is 75.3 Å². The highest BCUT2D eigenvalue weighted by Crippen LogP contribution is 2.14. The summed E-state index contributed by atoms with van der Waals surface area (Å²) in [6, 6.07) is 6.15. The van der Waals surface area contributed by atoms with Gasteiger partial charge in [-0.2, -0.15) is 0 Å². The van der Waals surface area contributed by atoms with E-state index in [9.17, 15) is 13.2 Å². The number of carbonyl (C=O) groups is 1. The maximum atomic E-state index is 11.7. The van der Waals surface area contributed by atoms with E-state index in [-0.39, 0.29) is 17.3 Å². The van der Waals surface area contributed by atoms with Crippen molar-refractivity contribution in [2.24, 2.45) is 0 Å². The standard InChI is InChI=1S/C9H11BrN2O3S/c1-11-9(13)6-12-16(14,15)8-4-2-7(10)3-5-8/h2-5,12H,6H2,1H3,(H,11,13). The fourth-order valence-corrected chi connectivity index (χ4v) is 2.19. The number of sulfonamides is 1. The van der Waals surface area contributed by atoms with Gasteiger partial charge in [0, 0.05) is 11.5 Å². The molecule has 0 heterocycles. The van der Waals surface area contributed by atoms with Gasteiger partial charge in [0.2, 0.25) is 15.9 Å². The second kappa shape index (κ2) is 5.42. The molecule has 0 saturated heterocycles. The minimum absolute atomic E-state index is 0.125. The van der Waals surface area contributed by atoms with Crippen molar-refractivity contribution in [2.75, 3.05) is 13.6 Å². The molecule has 0 aliphatic carbocycles. The van der Waals surface area contributed by atoms with E-state index in [4.69, 9.17) is 0 Å². The summed E-state index contributed by atoms with van der Waals surface area (Å²) in [4.78, 5) is 11.0. The van der Waals surface area contributed by atoms with Crippen molar-refractivity contribution in [3.8, 4) is 0 Å². The van der Waals surface area contributed by atoms with Gasteiger partial charge in [-0.25, -0.2) is 13.1 Å². The number of rotatable bonds is 4. The lowest BCUT2D eigenvalue weighted by atomic mass is 10.4. The fourth-order valence-electron chi connectivity index (χ4n) is 0.946. The van der Waals surface area contributed by atoms with Crippen molar-refractivity contribution < 1.29 is 13.2 Å². The fraction of sp³-hybridized carbons (Fsp3) is 0.222. The monoisotopic (exact) mass is 306 g/mol. The van der Waals surface area contributed by atoms with Crippen molar-refractivity contribution in [1.29, 1.82) is 0 Å². The zero-order chi connectivity index (χ0) is 12.2. The molecule has 7 heteroatoms. The van der Waals surface area contributed by atoms with Crippen LogP contribution < -0.4 is 10.0 Å². The Morgan fingerprint density at radius 1 is 1.31 bits per heavy atom. The Kier molecular flexibility index (Phi) is 4.45. The summed E-state index contributed by atoms with van der Waals surface area (Å²) < 4.78 is 26.3. The number of hydrogen-bond acceptors (Lipinski definition) is 3. The zero-order valence-corrected chi connectivity index (χ0v) is 10.9. The van der Waals surface area contributed by atoms with E-state index in [2.05, 4.69) is 26.0 Å². The Hall–Kier alpha value is -0.920. The van der Waals surface area contributed by atoms with Gasteiger partial charge in [-0.1, -0.05) is 15.9 Å². The van der Waals surface area contributed by atoms with Crippen LogP contribution in [0.25, 0.3) is 0 Å². The second-order valence-corrected chi connectivity index (χ2v) is 5.63. The lowest BCUT2D eigenvalue weighted by molar-refractivity contribution is -0.119. The molecule has 88 valence electrons. The predicted molar refractivity (Wildman–Crippen MR) is 63.4 cm³/mol. The van der Waals surface area contributed by atoms with Gasteiger partial charge in [-0.05, 0) is 24.3 Å². The minimum Gasteiger partial charge on any atom is -0.358 e. The van der Waals surface area contributed by atoms with Gasteiger partial charge in [-0.15, -0.1) is 0 Å². The summed E-state index contributed by atoms with van der Waals surface area (Å²) in [5, 5.41) is 2.32. The average molecular weight is 307 g/mol. The van der Waals surface area contributed by atoms with Crippen LogP contribution in [0.1, 0.15) is 0 Å². The molecule has 1 amide bonds. The van der Waals surface area contributed by atoms with Crippen LogP contribution in [-0.2, 0) is 14.8 Å². The van der Waals surface area contributed by atoms with Crippen LogP contribution in [0.2, 0.25) is 0 Å². The maximum absolute atomic E-state index is 11.7. The number of carbonyl (C=O) groups excluding carboxylic acids is 1. The third-order valence-electron chi connectivity index (χ3n) is 1.83. The van der Waals surface area contributed by atoms with E-state index < -0.39 is 10.0 Å². The Bertz CT molecular complexity index is 470. The first-order chi connectivity index (χ1) is 7.45. The molecule has 1 rings (SSSR count). The van der Waals surface area contributed by atoms with Crippen molar-refractivity contribution in [3.63, 3.8) is 0 Å². The molecule has 0 aliphatic heterocycles. The lowest BCUT2D eigenvalue weighted by Gasteiger charge is -2.05.